The van der Waals surface area contributed by atoms with Crippen LogP contribution >= 0.6 is 0 Å². The van der Waals surface area contributed by atoms with Gasteiger partial charge in [-0.15, -0.1) is 0 Å². The molecule has 3 aromatic carbocycles. The molecule has 1 saturated heterocycles. The van der Waals surface area contributed by atoms with Crippen molar-refractivity contribution < 1.29 is 18.8 Å². The summed E-state index contributed by atoms with van der Waals surface area (Å²) in [4.78, 5) is 40.4. The van der Waals surface area contributed by atoms with Gasteiger partial charge in [0, 0.05) is 18.7 Å². The molecule has 0 bridgehead atoms. The fourth-order valence-corrected chi connectivity index (χ4v) is 3.84. The summed E-state index contributed by atoms with van der Waals surface area (Å²) in [6.45, 7) is 0.825. The molecule has 2 N–H and O–H groups in total. The zero-order valence-corrected chi connectivity index (χ0v) is 17.9. The van der Waals surface area contributed by atoms with E-state index in [1.165, 1.54) is 12.1 Å². The molecule has 1 aliphatic heterocycles. The Balaban J connectivity index is 1.45. The Labute approximate surface area is 191 Å². The number of nitrogens with one attached hydrogen (secondary N) is 2. The largest absolute Gasteiger partial charge is 0.342 e. The van der Waals surface area contributed by atoms with E-state index in [0.29, 0.717) is 30.6 Å². The first-order valence-corrected chi connectivity index (χ1v) is 10.8. The van der Waals surface area contributed by atoms with Crippen LogP contribution in [0.1, 0.15) is 33.9 Å². The molecule has 3 amide bonds. The monoisotopic (exact) mass is 445 g/mol. The summed E-state index contributed by atoms with van der Waals surface area (Å²) in [5.41, 5.74) is 1.87. The lowest BCUT2D eigenvalue weighted by atomic mass is 10.0. The van der Waals surface area contributed by atoms with E-state index in [1.807, 2.05) is 12.1 Å². The SMILES string of the molecule is O=C(NC(C(=O)NC1CCN(Cc2ccc(F)cc2)C1=O)c1ccccc1)c1ccccc1. The Morgan fingerprint density at radius 1 is 0.939 bits per heavy atom. The van der Waals surface area contributed by atoms with Gasteiger partial charge in [-0.1, -0.05) is 60.7 Å². The van der Waals surface area contributed by atoms with Crippen LogP contribution in [-0.2, 0) is 16.1 Å². The molecule has 1 aliphatic rings. The van der Waals surface area contributed by atoms with Crippen molar-refractivity contribution in [2.75, 3.05) is 6.54 Å². The molecule has 3 aromatic rings. The molecule has 1 heterocycles. The van der Waals surface area contributed by atoms with E-state index in [4.69, 9.17) is 0 Å². The number of rotatable bonds is 7. The summed E-state index contributed by atoms with van der Waals surface area (Å²) in [5, 5.41) is 5.59. The Morgan fingerprint density at radius 3 is 2.24 bits per heavy atom. The number of hydrogen-bond donors (Lipinski definition) is 2. The van der Waals surface area contributed by atoms with E-state index in [1.54, 1.807) is 65.6 Å². The van der Waals surface area contributed by atoms with Gasteiger partial charge in [-0.2, -0.15) is 0 Å². The number of benzene rings is 3. The van der Waals surface area contributed by atoms with Crippen molar-refractivity contribution in [2.45, 2.75) is 25.0 Å². The number of halogens is 1. The van der Waals surface area contributed by atoms with E-state index in [-0.39, 0.29) is 17.6 Å². The highest BCUT2D eigenvalue weighted by molar-refractivity contribution is 5.98. The number of hydrogen-bond acceptors (Lipinski definition) is 3. The third kappa shape index (κ3) is 5.44. The van der Waals surface area contributed by atoms with Crippen molar-refractivity contribution in [1.29, 1.82) is 0 Å². The van der Waals surface area contributed by atoms with Crippen molar-refractivity contribution in [3.8, 4) is 0 Å². The van der Waals surface area contributed by atoms with Crippen LogP contribution in [0.25, 0.3) is 0 Å². The Bertz CT molecular complexity index is 1120. The first kappa shape index (κ1) is 22.2. The third-order valence-electron chi connectivity index (χ3n) is 5.61. The van der Waals surface area contributed by atoms with Crippen LogP contribution in [0.5, 0.6) is 0 Å². The molecule has 6 nitrogen and oxygen atoms in total. The summed E-state index contributed by atoms with van der Waals surface area (Å²) in [6, 6.07) is 21.9. The van der Waals surface area contributed by atoms with Gasteiger partial charge >= 0.3 is 0 Å². The molecule has 0 spiro atoms. The third-order valence-corrected chi connectivity index (χ3v) is 5.61. The molecule has 33 heavy (non-hydrogen) atoms. The van der Waals surface area contributed by atoms with Gasteiger partial charge in [-0.05, 0) is 41.8 Å². The summed E-state index contributed by atoms with van der Waals surface area (Å²) in [7, 11) is 0. The van der Waals surface area contributed by atoms with E-state index < -0.39 is 18.0 Å². The summed E-state index contributed by atoms with van der Waals surface area (Å²) >= 11 is 0. The quantitative estimate of drug-likeness (QED) is 0.586. The van der Waals surface area contributed by atoms with Gasteiger partial charge in [0.1, 0.15) is 17.9 Å². The van der Waals surface area contributed by atoms with Crippen molar-refractivity contribution in [3.63, 3.8) is 0 Å². The van der Waals surface area contributed by atoms with E-state index in [2.05, 4.69) is 10.6 Å². The zero-order chi connectivity index (χ0) is 23.2. The predicted molar refractivity (Wildman–Crippen MR) is 121 cm³/mol. The lowest BCUT2D eigenvalue weighted by Crippen LogP contribution is -2.47. The molecule has 4 rings (SSSR count). The van der Waals surface area contributed by atoms with E-state index in [0.717, 1.165) is 5.56 Å². The highest BCUT2D eigenvalue weighted by atomic mass is 19.1. The maximum absolute atomic E-state index is 13.2. The normalized spacial score (nSPS) is 16.3. The van der Waals surface area contributed by atoms with Crippen LogP contribution in [-0.4, -0.2) is 35.2 Å². The molecule has 0 saturated carbocycles. The van der Waals surface area contributed by atoms with Gasteiger partial charge in [0.15, 0.2) is 0 Å². The number of carbonyl (C=O) groups is 3. The summed E-state index contributed by atoms with van der Waals surface area (Å²) in [5.74, 6) is -1.36. The molecule has 1 fully saturated rings. The van der Waals surface area contributed by atoms with Crippen LogP contribution in [0.15, 0.2) is 84.9 Å². The predicted octanol–water partition coefficient (Wildman–Crippen LogP) is 3.21. The van der Waals surface area contributed by atoms with E-state index in [9.17, 15) is 18.8 Å². The van der Waals surface area contributed by atoms with Gasteiger partial charge in [-0.25, -0.2) is 4.39 Å². The molecular formula is C26H24FN3O3. The Morgan fingerprint density at radius 2 is 1.58 bits per heavy atom. The van der Waals surface area contributed by atoms with Crippen molar-refractivity contribution in [1.82, 2.24) is 15.5 Å². The molecule has 0 aliphatic carbocycles. The number of carbonyl (C=O) groups excluding carboxylic acids is 3. The topological polar surface area (TPSA) is 78.5 Å². The molecule has 2 atom stereocenters. The summed E-state index contributed by atoms with van der Waals surface area (Å²) < 4.78 is 13.1. The average Bonchev–Trinajstić information content (AvgIpc) is 3.18. The highest BCUT2D eigenvalue weighted by Crippen LogP contribution is 2.19. The second-order valence-electron chi connectivity index (χ2n) is 7.92. The van der Waals surface area contributed by atoms with Gasteiger partial charge in [0.25, 0.3) is 5.91 Å². The minimum Gasteiger partial charge on any atom is -0.342 e. The van der Waals surface area contributed by atoms with Gasteiger partial charge in [-0.3, -0.25) is 14.4 Å². The summed E-state index contributed by atoms with van der Waals surface area (Å²) in [6.07, 6.45) is 0.458. The van der Waals surface area contributed by atoms with Crippen molar-refractivity contribution in [3.05, 3.63) is 107 Å². The fraction of sp³-hybridized carbons (Fsp3) is 0.192. The number of likely N-dealkylation sites (tertiary alicyclic amines) is 1. The zero-order valence-electron chi connectivity index (χ0n) is 17.9. The van der Waals surface area contributed by atoms with Crippen molar-refractivity contribution in [2.24, 2.45) is 0 Å². The van der Waals surface area contributed by atoms with Crippen LogP contribution in [0.3, 0.4) is 0 Å². The van der Waals surface area contributed by atoms with Crippen LogP contribution in [0.4, 0.5) is 4.39 Å². The molecule has 7 heteroatoms. The second-order valence-corrected chi connectivity index (χ2v) is 7.92. The van der Waals surface area contributed by atoms with Crippen LogP contribution in [0, 0.1) is 5.82 Å². The highest BCUT2D eigenvalue weighted by Gasteiger charge is 2.35. The van der Waals surface area contributed by atoms with Gasteiger partial charge < -0.3 is 15.5 Å². The molecule has 0 aromatic heterocycles. The molecular weight excluding hydrogens is 421 g/mol. The minimum atomic E-state index is -0.946. The first-order chi connectivity index (χ1) is 16.0. The molecule has 168 valence electrons. The van der Waals surface area contributed by atoms with Crippen LogP contribution in [0.2, 0.25) is 0 Å². The molecule has 2 unspecified atom stereocenters. The van der Waals surface area contributed by atoms with E-state index >= 15 is 0 Å². The lowest BCUT2D eigenvalue weighted by Gasteiger charge is -2.22. The molecule has 0 radical (unpaired) electrons. The van der Waals surface area contributed by atoms with Crippen LogP contribution < -0.4 is 10.6 Å². The Hall–Kier alpha value is -4.00. The first-order valence-electron chi connectivity index (χ1n) is 10.8. The lowest BCUT2D eigenvalue weighted by molar-refractivity contribution is -0.133. The minimum absolute atomic E-state index is 0.200. The number of amides is 3. The fourth-order valence-electron chi connectivity index (χ4n) is 3.84. The van der Waals surface area contributed by atoms with Crippen molar-refractivity contribution >= 4 is 17.7 Å². The number of nitrogens with zero attached hydrogens (tertiary/aromatic N) is 1. The maximum Gasteiger partial charge on any atom is 0.252 e. The Kier molecular flexibility index (Phi) is 6.78. The smallest absolute Gasteiger partial charge is 0.252 e. The van der Waals surface area contributed by atoms with Gasteiger partial charge in [0.2, 0.25) is 11.8 Å². The maximum atomic E-state index is 13.2. The standard InChI is InChI=1S/C26H24FN3O3/c27-21-13-11-18(12-14-21)17-30-16-15-22(26(30)33)28-25(32)23(19-7-3-1-4-8-19)29-24(31)20-9-5-2-6-10-20/h1-14,22-23H,15-17H2,(H,28,32)(H,29,31). The van der Waals surface area contributed by atoms with Gasteiger partial charge in [0.05, 0.1) is 0 Å². The average molecular weight is 445 g/mol. The second kappa shape index (κ2) is 10.1.